The number of hydrogen-bond acceptors (Lipinski definition) is 2. The van der Waals surface area contributed by atoms with E-state index in [0.29, 0.717) is 0 Å². The van der Waals surface area contributed by atoms with Crippen molar-refractivity contribution in [2.24, 2.45) is 0 Å². The van der Waals surface area contributed by atoms with Crippen LogP contribution in [-0.2, 0) is 0 Å². The van der Waals surface area contributed by atoms with E-state index in [9.17, 15) is 0 Å². The van der Waals surface area contributed by atoms with Crippen LogP contribution in [0.4, 0.5) is 0 Å². The second-order valence-electron chi connectivity index (χ2n) is 2.00. The third-order valence-corrected chi connectivity index (χ3v) is 2.65. The fraction of sp³-hybridized carbons (Fsp3) is 0. The Labute approximate surface area is 85.1 Å². The summed E-state index contributed by atoms with van der Waals surface area (Å²) in [5.74, 6) is 0. The molecule has 56 valence electrons. The number of imidazole rings is 1. The summed E-state index contributed by atoms with van der Waals surface area (Å²) in [6, 6.07) is 0. The van der Waals surface area contributed by atoms with Crippen molar-refractivity contribution in [1.82, 2.24) is 14.4 Å². The Kier molecular flexibility index (Phi) is 1.84. The molecule has 0 atom stereocenters. The van der Waals surface area contributed by atoms with E-state index < -0.39 is 0 Å². The van der Waals surface area contributed by atoms with E-state index in [4.69, 9.17) is 0 Å². The Hall–Kier alpha value is -0.170. The molecule has 0 aliphatic heterocycles. The van der Waals surface area contributed by atoms with E-state index in [1.807, 2.05) is 10.6 Å². The third kappa shape index (κ3) is 1.16. The van der Waals surface area contributed by atoms with E-state index in [0.717, 1.165) is 14.0 Å². The molecule has 11 heavy (non-hydrogen) atoms. The van der Waals surface area contributed by atoms with Crippen LogP contribution in [0.15, 0.2) is 23.2 Å². The van der Waals surface area contributed by atoms with Crippen LogP contribution in [0.25, 0.3) is 5.65 Å². The zero-order chi connectivity index (χ0) is 7.84. The molecular formula is C6H3BrIN3. The van der Waals surface area contributed by atoms with Gasteiger partial charge in [0.15, 0.2) is 5.65 Å². The zero-order valence-corrected chi connectivity index (χ0v) is 9.07. The highest BCUT2D eigenvalue weighted by Gasteiger charge is 2.01. The molecular weight excluding hydrogens is 321 g/mol. The van der Waals surface area contributed by atoms with Crippen molar-refractivity contribution in [3.05, 3.63) is 26.9 Å². The molecule has 0 aromatic carbocycles. The second-order valence-corrected chi connectivity index (χ2v) is 3.92. The highest BCUT2D eigenvalue weighted by atomic mass is 127. The highest BCUT2D eigenvalue weighted by molar-refractivity contribution is 14.1. The molecule has 2 aromatic heterocycles. The van der Waals surface area contributed by atoms with Gasteiger partial charge in [-0.2, -0.15) is 0 Å². The normalized spacial score (nSPS) is 10.7. The van der Waals surface area contributed by atoms with E-state index in [-0.39, 0.29) is 0 Å². The van der Waals surface area contributed by atoms with E-state index in [1.54, 1.807) is 12.4 Å². The minimum absolute atomic E-state index is 0.865. The number of nitrogens with zero attached hydrogens (tertiary/aromatic N) is 3. The number of halogens is 2. The van der Waals surface area contributed by atoms with Gasteiger partial charge >= 0.3 is 0 Å². The third-order valence-electron chi connectivity index (χ3n) is 1.33. The zero-order valence-electron chi connectivity index (χ0n) is 5.33. The lowest BCUT2D eigenvalue weighted by atomic mass is 10.7. The topological polar surface area (TPSA) is 30.2 Å². The average Bonchev–Trinajstić information content (AvgIpc) is 2.34. The SMILES string of the molecule is Brc1cncc2ncc(I)n12. The largest absolute Gasteiger partial charge is 0.279 e. The number of rotatable bonds is 0. The van der Waals surface area contributed by atoms with Gasteiger partial charge < -0.3 is 0 Å². The maximum atomic E-state index is 4.14. The standard InChI is InChI=1S/C6H3BrIN3/c7-4-1-9-3-6-10-2-5(8)11(4)6/h1-3H. The van der Waals surface area contributed by atoms with Gasteiger partial charge in [0.2, 0.25) is 0 Å². The smallest absolute Gasteiger partial charge is 0.157 e. The molecule has 0 fully saturated rings. The van der Waals surface area contributed by atoms with Gasteiger partial charge in [0.1, 0.15) is 8.30 Å². The lowest BCUT2D eigenvalue weighted by Gasteiger charge is -1.96. The molecule has 5 heteroatoms. The molecule has 2 rings (SSSR count). The first-order valence-electron chi connectivity index (χ1n) is 2.91. The van der Waals surface area contributed by atoms with Gasteiger partial charge in [-0.15, -0.1) is 0 Å². The van der Waals surface area contributed by atoms with Gasteiger partial charge in [-0.1, -0.05) is 0 Å². The summed E-state index contributed by atoms with van der Waals surface area (Å²) in [5, 5.41) is 0. The Morgan fingerprint density at radius 2 is 2.18 bits per heavy atom. The molecule has 0 aliphatic carbocycles. The molecule has 0 N–H and O–H groups in total. The quantitative estimate of drug-likeness (QED) is 0.695. The van der Waals surface area contributed by atoms with Gasteiger partial charge in [0.05, 0.1) is 18.6 Å². The summed E-state index contributed by atoms with van der Waals surface area (Å²) in [7, 11) is 0. The number of fused-ring (bicyclic) bond motifs is 1. The van der Waals surface area contributed by atoms with E-state index in [2.05, 4.69) is 48.5 Å². The fourth-order valence-corrected chi connectivity index (χ4v) is 2.34. The lowest BCUT2D eigenvalue weighted by molar-refractivity contribution is 1.06. The summed E-state index contributed by atoms with van der Waals surface area (Å²) >= 11 is 5.60. The summed E-state index contributed by atoms with van der Waals surface area (Å²) in [5.41, 5.74) is 0.865. The highest BCUT2D eigenvalue weighted by Crippen LogP contribution is 2.15. The Balaban J connectivity index is 2.96. The predicted octanol–water partition coefficient (Wildman–Crippen LogP) is 2.10. The van der Waals surface area contributed by atoms with Crippen LogP contribution in [-0.4, -0.2) is 14.4 Å². The van der Waals surface area contributed by atoms with Crippen LogP contribution in [0, 0.1) is 3.70 Å². The summed E-state index contributed by atoms with van der Waals surface area (Å²) in [4.78, 5) is 8.13. The minimum atomic E-state index is 0.865. The van der Waals surface area contributed by atoms with Crippen molar-refractivity contribution in [2.75, 3.05) is 0 Å². The van der Waals surface area contributed by atoms with Gasteiger partial charge in [-0.25, -0.2) is 4.98 Å². The minimum Gasteiger partial charge on any atom is -0.279 e. The first kappa shape index (κ1) is 7.48. The Morgan fingerprint density at radius 1 is 1.36 bits per heavy atom. The molecule has 0 saturated heterocycles. The van der Waals surface area contributed by atoms with Crippen LogP contribution in [0.1, 0.15) is 0 Å². The van der Waals surface area contributed by atoms with Gasteiger partial charge in [0, 0.05) is 0 Å². The van der Waals surface area contributed by atoms with Crippen LogP contribution >= 0.6 is 38.5 Å². The van der Waals surface area contributed by atoms with Crippen molar-refractivity contribution in [2.45, 2.75) is 0 Å². The Morgan fingerprint density at radius 3 is 2.91 bits per heavy atom. The van der Waals surface area contributed by atoms with Crippen molar-refractivity contribution in [1.29, 1.82) is 0 Å². The van der Waals surface area contributed by atoms with Gasteiger partial charge in [-0.05, 0) is 38.5 Å². The molecule has 0 radical (unpaired) electrons. The number of aromatic nitrogens is 3. The molecule has 0 unspecified atom stereocenters. The molecule has 3 nitrogen and oxygen atoms in total. The van der Waals surface area contributed by atoms with Crippen LogP contribution in [0.5, 0.6) is 0 Å². The summed E-state index contributed by atoms with van der Waals surface area (Å²) < 4.78 is 3.98. The molecule has 0 saturated carbocycles. The maximum absolute atomic E-state index is 4.14. The van der Waals surface area contributed by atoms with Gasteiger partial charge in [-0.3, -0.25) is 9.38 Å². The van der Waals surface area contributed by atoms with Crippen molar-refractivity contribution in [3.63, 3.8) is 0 Å². The average molecular weight is 324 g/mol. The molecule has 0 amide bonds. The van der Waals surface area contributed by atoms with Crippen LogP contribution < -0.4 is 0 Å². The Bertz CT molecular complexity index is 398. The van der Waals surface area contributed by atoms with Crippen molar-refractivity contribution >= 4 is 44.2 Å². The van der Waals surface area contributed by atoms with Crippen molar-refractivity contribution in [3.8, 4) is 0 Å². The molecule has 0 aliphatic rings. The molecule has 0 bridgehead atoms. The molecule has 0 spiro atoms. The summed E-state index contributed by atoms with van der Waals surface area (Å²) in [6.45, 7) is 0. The van der Waals surface area contributed by atoms with Gasteiger partial charge in [0.25, 0.3) is 0 Å². The van der Waals surface area contributed by atoms with E-state index >= 15 is 0 Å². The fourth-order valence-electron chi connectivity index (χ4n) is 0.870. The van der Waals surface area contributed by atoms with E-state index in [1.165, 1.54) is 0 Å². The number of hydrogen-bond donors (Lipinski definition) is 0. The van der Waals surface area contributed by atoms with Crippen LogP contribution in [0.3, 0.4) is 0 Å². The molecule has 2 aromatic rings. The van der Waals surface area contributed by atoms with Crippen LogP contribution in [0.2, 0.25) is 0 Å². The monoisotopic (exact) mass is 323 g/mol. The predicted molar refractivity (Wildman–Crippen MR) is 53.4 cm³/mol. The summed E-state index contributed by atoms with van der Waals surface area (Å²) in [6.07, 6.45) is 5.28. The second kappa shape index (κ2) is 2.71. The lowest BCUT2D eigenvalue weighted by Crippen LogP contribution is -1.89. The first-order valence-corrected chi connectivity index (χ1v) is 4.78. The van der Waals surface area contributed by atoms with Crippen molar-refractivity contribution < 1.29 is 0 Å². The maximum Gasteiger partial charge on any atom is 0.157 e. The molecule has 2 heterocycles. The first-order chi connectivity index (χ1) is 5.29.